The Balaban J connectivity index is 0.917. The summed E-state index contributed by atoms with van der Waals surface area (Å²) in [7, 11) is -4.65. The highest BCUT2D eigenvalue weighted by molar-refractivity contribution is 7.90. The van der Waals surface area contributed by atoms with Gasteiger partial charge in [-0.05, 0) is 123 Å². The Kier molecular flexibility index (Phi) is 12.6. The average molecular weight is 943 g/mol. The third-order valence-electron chi connectivity index (χ3n) is 14.7. The van der Waals surface area contributed by atoms with Crippen LogP contribution in [-0.4, -0.2) is 83.6 Å². The molecule has 2 atom stereocenters. The van der Waals surface area contributed by atoms with Crippen molar-refractivity contribution in [3.63, 3.8) is 0 Å². The van der Waals surface area contributed by atoms with Gasteiger partial charge < -0.3 is 25.0 Å². The van der Waals surface area contributed by atoms with Crippen LogP contribution in [0, 0.1) is 27.3 Å². The van der Waals surface area contributed by atoms with Crippen molar-refractivity contribution in [2.45, 2.75) is 107 Å². The van der Waals surface area contributed by atoms with E-state index < -0.39 is 42.9 Å². The second-order valence-electron chi connectivity index (χ2n) is 19.6. The number of fused-ring (bicyclic) bond motifs is 1. The normalized spacial score (nSPS) is 23.3. The quantitative estimate of drug-likeness (QED) is 0.0501. The Hall–Kier alpha value is -5.29. The number of hydrogen-bond donors (Lipinski definition) is 4. The minimum atomic E-state index is -4.65. The average Bonchev–Trinajstić information content (AvgIpc) is 3.91. The van der Waals surface area contributed by atoms with E-state index in [-0.39, 0.29) is 50.3 Å². The SMILES string of the molecule is CC(C)c1ccccc1[C@H]1CCC[C@H]1N1CC2(CCN(c3ccc(C(=O)NS(=O)(=O)c4ccc(NCC5CCC(C)(O)CC5)c([N+](=O)[O-])c4)c(Oc4cc5c(F)c[nH]c5nc4Cl)c3)CC2)C1. The van der Waals surface area contributed by atoms with Gasteiger partial charge in [-0.2, -0.15) is 0 Å². The van der Waals surface area contributed by atoms with Crippen LogP contribution < -0.4 is 19.7 Å². The summed E-state index contributed by atoms with van der Waals surface area (Å²) in [5.41, 5.74) is 2.89. The molecule has 2 aliphatic carbocycles. The van der Waals surface area contributed by atoms with Gasteiger partial charge in [-0.1, -0.05) is 56.1 Å². The van der Waals surface area contributed by atoms with Crippen LogP contribution in [0.5, 0.6) is 11.5 Å². The summed E-state index contributed by atoms with van der Waals surface area (Å²) in [6.07, 6.45) is 9.47. The third kappa shape index (κ3) is 9.34. The molecule has 4 fully saturated rings. The first-order chi connectivity index (χ1) is 31.5. The zero-order valence-corrected chi connectivity index (χ0v) is 39.1. The number of halogens is 2. The number of benzene rings is 3. The number of rotatable bonds is 13. The number of amides is 1. The van der Waals surface area contributed by atoms with E-state index in [0.717, 1.165) is 69.8 Å². The van der Waals surface area contributed by atoms with Gasteiger partial charge in [0.1, 0.15) is 22.9 Å². The highest BCUT2D eigenvalue weighted by Gasteiger charge is 2.49. The van der Waals surface area contributed by atoms with E-state index in [9.17, 15) is 32.8 Å². The van der Waals surface area contributed by atoms with Crippen molar-refractivity contribution >= 4 is 55.6 Å². The lowest BCUT2D eigenvalue weighted by Gasteiger charge is -2.57. The summed E-state index contributed by atoms with van der Waals surface area (Å²) in [5, 5.41) is 25.6. The van der Waals surface area contributed by atoms with Gasteiger partial charge in [0.05, 0.1) is 26.4 Å². The predicted molar refractivity (Wildman–Crippen MR) is 253 cm³/mol. The van der Waals surface area contributed by atoms with Gasteiger partial charge in [-0.25, -0.2) is 22.5 Å². The summed E-state index contributed by atoms with van der Waals surface area (Å²) in [6, 6.07) is 19.1. The number of likely N-dealkylation sites (tertiary alicyclic amines) is 1. The number of nitro groups is 1. The third-order valence-corrected chi connectivity index (χ3v) is 16.3. The maximum Gasteiger partial charge on any atom is 0.293 e. The standard InChI is InChI=1S/C49H57ClFN7O7S/c1-30(2)34-7-4-5-8-35(34)36-9-6-10-41(36)57-28-49(29-57)19-21-56(22-20-49)32-11-13-37(43(23-32)65-44-25-38-39(51)27-53-46(38)54-45(44)50)47(59)55-66(63,64)33-12-14-40(42(24-33)58(61)62)52-26-31-15-17-48(3,60)18-16-31/h4-5,7-8,11-14,23-25,27,30-31,36,41,52,60H,6,9-10,15-22,26,28-29H2,1-3H3,(H,53,54)(H,55,59)/t31?,36-,41-,48?/m1/s1. The Morgan fingerprint density at radius 2 is 1.77 bits per heavy atom. The number of piperidine rings is 1. The molecular weight excluding hydrogens is 885 g/mol. The molecule has 17 heteroatoms. The van der Waals surface area contributed by atoms with Gasteiger partial charge in [0, 0.05) is 62.8 Å². The molecule has 9 rings (SSSR count). The topological polar surface area (TPSA) is 183 Å². The van der Waals surface area contributed by atoms with E-state index >= 15 is 0 Å². The summed E-state index contributed by atoms with van der Waals surface area (Å²) in [5.74, 6) is -0.536. The lowest BCUT2D eigenvalue weighted by atomic mass is 9.70. The number of anilines is 2. The molecule has 2 aliphatic heterocycles. The van der Waals surface area contributed by atoms with E-state index in [4.69, 9.17) is 16.3 Å². The fraction of sp³-hybridized carbons (Fsp3) is 0.469. The number of sulfonamides is 1. The highest BCUT2D eigenvalue weighted by atomic mass is 35.5. The van der Waals surface area contributed by atoms with Crippen molar-refractivity contribution in [1.82, 2.24) is 19.6 Å². The number of carbonyl (C=O) groups excluding carboxylic acids is 1. The Bertz CT molecular complexity index is 2760. The number of aromatic amines is 1. The van der Waals surface area contributed by atoms with Crippen molar-refractivity contribution in [3.8, 4) is 11.5 Å². The molecule has 1 amide bonds. The van der Waals surface area contributed by atoms with Crippen LogP contribution in [0.25, 0.3) is 11.0 Å². The van der Waals surface area contributed by atoms with Gasteiger partial charge in [0.15, 0.2) is 10.9 Å². The Labute approximate surface area is 389 Å². The monoisotopic (exact) mass is 941 g/mol. The largest absolute Gasteiger partial charge is 0.453 e. The maximum atomic E-state index is 14.7. The molecule has 5 aromatic rings. The van der Waals surface area contributed by atoms with Crippen molar-refractivity contribution in [1.29, 1.82) is 0 Å². The van der Waals surface area contributed by atoms with Crippen molar-refractivity contribution in [3.05, 3.63) is 111 Å². The highest BCUT2D eigenvalue weighted by Crippen LogP contribution is 2.49. The molecule has 2 saturated heterocycles. The summed E-state index contributed by atoms with van der Waals surface area (Å²) in [4.78, 5) is 36.9. The first kappa shape index (κ1) is 45.8. The predicted octanol–water partition coefficient (Wildman–Crippen LogP) is 9.89. The van der Waals surface area contributed by atoms with E-state index in [1.54, 1.807) is 19.1 Å². The molecule has 1 spiro atoms. The van der Waals surface area contributed by atoms with Crippen molar-refractivity contribution in [2.75, 3.05) is 42.9 Å². The van der Waals surface area contributed by atoms with Crippen LogP contribution in [0.2, 0.25) is 5.15 Å². The molecule has 0 radical (unpaired) electrons. The Morgan fingerprint density at radius 1 is 1.03 bits per heavy atom. The molecular formula is C49H57ClFN7O7S. The van der Waals surface area contributed by atoms with Crippen LogP contribution in [-0.2, 0) is 10.0 Å². The van der Waals surface area contributed by atoms with E-state index in [1.165, 1.54) is 54.7 Å². The van der Waals surface area contributed by atoms with Crippen LogP contribution in [0.1, 0.15) is 112 Å². The first-order valence-electron chi connectivity index (χ1n) is 23.0. The smallest absolute Gasteiger partial charge is 0.293 e. The first-order valence-corrected chi connectivity index (χ1v) is 24.9. The summed E-state index contributed by atoms with van der Waals surface area (Å²) >= 11 is 6.52. The minimum absolute atomic E-state index is 0.0435. The summed E-state index contributed by atoms with van der Waals surface area (Å²) < 4.78 is 50.5. The molecule has 66 heavy (non-hydrogen) atoms. The van der Waals surface area contributed by atoms with Crippen LogP contribution in [0.4, 0.5) is 21.5 Å². The van der Waals surface area contributed by atoms with E-state index in [0.29, 0.717) is 37.3 Å². The molecule has 2 aromatic heterocycles. The number of aliphatic hydroxyl groups is 1. The molecule has 0 bridgehead atoms. The zero-order chi connectivity index (χ0) is 46.5. The van der Waals surface area contributed by atoms with E-state index in [1.807, 2.05) is 0 Å². The van der Waals surface area contributed by atoms with Crippen LogP contribution in [0.3, 0.4) is 0 Å². The van der Waals surface area contributed by atoms with Crippen LogP contribution >= 0.6 is 11.6 Å². The fourth-order valence-electron chi connectivity index (χ4n) is 10.8. The molecule has 14 nitrogen and oxygen atoms in total. The second-order valence-corrected chi connectivity index (χ2v) is 21.6. The van der Waals surface area contributed by atoms with Crippen LogP contribution in [0.15, 0.2) is 77.8 Å². The number of aromatic nitrogens is 2. The molecule has 2 saturated carbocycles. The van der Waals surface area contributed by atoms with Gasteiger partial charge in [-0.3, -0.25) is 19.8 Å². The van der Waals surface area contributed by atoms with Gasteiger partial charge in [0.2, 0.25) is 0 Å². The van der Waals surface area contributed by atoms with E-state index in [2.05, 4.69) is 67.9 Å². The number of nitrogens with zero attached hydrogens (tertiary/aromatic N) is 4. The van der Waals surface area contributed by atoms with Gasteiger partial charge >= 0.3 is 0 Å². The van der Waals surface area contributed by atoms with Crippen molar-refractivity contribution < 1.29 is 32.4 Å². The van der Waals surface area contributed by atoms with Gasteiger partial charge in [0.25, 0.3) is 21.6 Å². The number of carbonyl (C=O) groups is 1. The summed E-state index contributed by atoms with van der Waals surface area (Å²) in [6.45, 7) is 10.4. The number of pyridine rings is 1. The molecule has 3 aromatic carbocycles. The molecule has 4 aliphatic rings. The second kappa shape index (κ2) is 18.1. The maximum absolute atomic E-state index is 14.7. The molecule has 4 N–H and O–H groups in total. The Morgan fingerprint density at radius 3 is 2.50 bits per heavy atom. The lowest BCUT2D eigenvalue weighted by molar-refractivity contribution is -0.384. The zero-order valence-electron chi connectivity index (χ0n) is 37.5. The molecule has 350 valence electrons. The van der Waals surface area contributed by atoms with Gasteiger partial charge in [-0.15, -0.1) is 0 Å². The number of nitro benzene ring substituents is 1. The fourth-order valence-corrected chi connectivity index (χ4v) is 12.0. The number of hydrogen-bond acceptors (Lipinski definition) is 11. The molecule has 4 heterocycles. The molecule has 0 unspecified atom stereocenters. The van der Waals surface area contributed by atoms with Crippen molar-refractivity contribution in [2.24, 2.45) is 11.3 Å². The number of nitrogens with one attached hydrogen (secondary N) is 3. The lowest BCUT2D eigenvalue weighted by Crippen LogP contribution is -2.63. The minimum Gasteiger partial charge on any atom is -0.453 e. The number of H-pyrrole nitrogens is 1. The number of ether oxygens (including phenoxy) is 1.